The first-order chi connectivity index (χ1) is 5.52. The summed E-state index contributed by atoms with van der Waals surface area (Å²) in [6.07, 6.45) is -6.74. The maximum absolute atomic E-state index is 12.5. The second-order valence-electron chi connectivity index (χ2n) is 2.16. The van der Waals surface area contributed by atoms with Gasteiger partial charge in [0, 0.05) is 6.20 Å². The standard InChI is InChI=1S/C7H5F4N/c8-6(7(9,10)11)5-3-1-2-4-12-5/h1-4,6H. The molecule has 5 heteroatoms. The summed E-state index contributed by atoms with van der Waals surface area (Å²) in [7, 11) is 0. The van der Waals surface area contributed by atoms with E-state index >= 15 is 0 Å². The molecule has 0 fully saturated rings. The summed E-state index contributed by atoms with van der Waals surface area (Å²) in [5.74, 6) is 0. The highest BCUT2D eigenvalue weighted by Gasteiger charge is 2.42. The Hall–Kier alpha value is -1.13. The highest BCUT2D eigenvalue weighted by molar-refractivity contribution is 5.08. The third-order valence-corrected chi connectivity index (χ3v) is 1.23. The minimum absolute atomic E-state index is 0.606. The van der Waals surface area contributed by atoms with E-state index in [9.17, 15) is 17.6 Å². The highest BCUT2D eigenvalue weighted by Crippen LogP contribution is 2.34. The first-order valence-electron chi connectivity index (χ1n) is 3.13. The molecule has 66 valence electrons. The van der Waals surface area contributed by atoms with E-state index < -0.39 is 18.0 Å². The van der Waals surface area contributed by atoms with Crippen molar-refractivity contribution in [2.45, 2.75) is 12.3 Å². The number of hydrogen-bond acceptors (Lipinski definition) is 1. The van der Waals surface area contributed by atoms with E-state index in [1.54, 1.807) is 0 Å². The van der Waals surface area contributed by atoms with Crippen LogP contribution in [0.4, 0.5) is 17.6 Å². The highest BCUT2D eigenvalue weighted by atomic mass is 19.4. The molecule has 1 aromatic rings. The van der Waals surface area contributed by atoms with Gasteiger partial charge < -0.3 is 0 Å². The van der Waals surface area contributed by atoms with Crippen molar-refractivity contribution in [3.05, 3.63) is 30.1 Å². The summed E-state index contributed by atoms with van der Waals surface area (Å²) in [5, 5.41) is 0. The van der Waals surface area contributed by atoms with Crippen LogP contribution in [0.2, 0.25) is 0 Å². The molecule has 0 spiro atoms. The average molecular weight is 179 g/mol. The van der Waals surface area contributed by atoms with Crippen LogP contribution in [0.5, 0.6) is 0 Å². The molecule has 1 atom stereocenters. The van der Waals surface area contributed by atoms with Gasteiger partial charge in [-0.3, -0.25) is 4.98 Å². The van der Waals surface area contributed by atoms with Crippen molar-refractivity contribution >= 4 is 0 Å². The number of aromatic nitrogens is 1. The molecule has 0 aromatic carbocycles. The molecule has 1 rings (SSSR count). The quantitative estimate of drug-likeness (QED) is 0.604. The van der Waals surface area contributed by atoms with Crippen molar-refractivity contribution in [3.63, 3.8) is 0 Å². The Kier molecular flexibility index (Phi) is 2.30. The molecule has 0 N–H and O–H groups in total. The van der Waals surface area contributed by atoms with Crippen molar-refractivity contribution in [1.29, 1.82) is 0 Å². The number of alkyl halides is 4. The van der Waals surface area contributed by atoms with E-state index in [2.05, 4.69) is 4.98 Å². The number of halogens is 4. The molecule has 0 saturated heterocycles. The zero-order chi connectivity index (χ0) is 9.19. The summed E-state index contributed by atoms with van der Waals surface area (Å²) in [4.78, 5) is 3.25. The number of pyridine rings is 1. The van der Waals surface area contributed by atoms with Crippen LogP contribution >= 0.6 is 0 Å². The molecule has 0 radical (unpaired) electrons. The molecule has 0 saturated carbocycles. The SMILES string of the molecule is FC(c1ccccn1)C(F)(F)F. The maximum atomic E-state index is 12.5. The second-order valence-corrected chi connectivity index (χ2v) is 2.16. The number of hydrogen-bond donors (Lipinski definition) is 0. The van der Waals surface area contributed by atoms with Gasteiger partial charge >= 0.3 is 6.18 Å². The molecule has 0 aliphatic rings. The van der Waals surface area contributed by atoms with Gasteiger partial charge in [0.15, 0.2) is 0 Å². The zero-order valence-corrected chi connectivity index (χ0v) is 5.85. The van der Waals surface area contributed by atoms with Gasteiger partial charge in [0.25, 0.3) is 0 Å². The third-order valence-electron chi connectivity index (χ3n) is 1.23. The van der Waals surface area contributed by atoms with Crippen LogP contribution in [0.15, 0.2) is 24.4 Å². The fourth-order valence-electron chi connectivity index (χ4n) is 0.694. The zero-order valence-electron chi connectivity index (χ0n) is 5.85. The molecule has 1 heterocycles. The van der Waals surface area contributed by atoms with Gasteiger partial charge in [0.2, 0.25) is 6.17 Å². The fourth-order valence-corrected chi connectivity index (χ4v) is 0.694. The van der Waals surface area contributed by atoms with Gasteiger partial charge in [-0.2, -0.15) is 13.2 Å². The molecule has 12 heavy (non-hydrogen) atoms. The van der Waals surface area contributed by atoms with Crippen LogP contribution in [0, 0.1) is 0 Å². The second kappa shape index (κ2) is 3.08. The lowest BCUT2D eigenvalue weighted by Gasteiger charge is -2.10. The van der Waals surface area contributed by atoms with Crippen LogP contribution in [-0.4, -0.2) is 11.2 Å². The topological polar surface area (TPSA) is 12.9 Å². The number of nitrogens with zero attached hydrogens (tertiary/aromatic N) is 1. The van der Waals surface area contributed by atoms with Crippen molar-refractivity contribution in [3.8, 4) is 0 Å². The largest absolute Gasteiger partial charge is 0.425 e. The Labute approximate surface area is 66.0 Å². The van der Waals surface area contributed by atoms with Gasteiger partial charge in [0.05, 0.1) is 5.69 Å². The van der Waals surface area contributed by atoms with Crippen molar-refractivity contribution in [1.82, 2.24) is 4.98 Å². The van der Waals surface area contributed by atoms with Gasteiger partial charge in [-0.1, -0.05) is 6.07 Å². The smallest absolute Gasteiger partial charge is 0.258 e. The lowest BCUT2D eigenvalue weighted by atomic mass is 10.2. The molecule has 0 bridgehead atoms. The van der Waals surface area contributed by atoms with Gasteiger partial charge in [0.1, 0.15) is 0 Å². The first kappa shape index (κ1) is 8.96. The van der Waals surface area contributed by atoms with Gasteiger partial charge in [-0.05, 0) is 12.1 Å². The van der Waals surface area contributed by atoms with Crippen LogP contribution in [0.25, 0.3) is 0 Å². The number of rotatable bonds is 1. The predicted molar refractivity (Wildman–Crippen MR) is 34.1 cm³/mol. The van der Waals surface area contributed by atoms with Crippen LogP contribution in [0.1, 0.15) is 11.9 Å². The lowest BCUT2D eigenvalue weighted by Crippen LogP contribution is -2.17. The fraction of sp³-hybridized carbons (Fsp3) is 0.286. The minimum Gasteiger partial charge on any atom is -0.258 e. The Morgan fingerprint density at radius 2 is 1.92 bits per heavy atom. The minimum atomic E-state index is -4.87. The van der Waals surface area contributed by atoms with Crippen LogP contribution in [0.3, 0.4) is 0 Å². The molecule has 0 aliphatic heterocycles. The normalized spacial score (nSPS) is 14.3. The Balaban J connectivity index is 2.86. The summed E-state index contributed by atoms with van der Waals surface area (Å²) >= 11 is 0. The van der Waals surface area contributed by atoms with Crippen LogP contribution < -0.4 is 0 Å². The van der Waals surface area contributed by atoms with Gasteiger partial charge in [-0.25, -0.2) is 4.39 Å². The molecule has 1 nitrogen and oxygen atoms in total. The molecule has 1 aromatic heterocycles. The monoisotopic (exact) mass is 179 g/mol. The average Bonchev–Trinajstić information content (AvgIpc) is 2.03. The third kappa shape index (κ3) is 1.93. The Morgan fingerprint density at radius 3 is 2.33 bits per heavy atom. The Bertz CT molecular complexity index is 243. The van der Waals surface area contributed by atoms with E-state index in [0.717, 1.165) is 12.3 Å². The van der Waals surface area contributed by atoms with E-state index in [-0.39, 0.29) is 0 Å². The van der Waals surface area contributed by atoms with Crippen LogP contribution in [-0.2, 0) is 0 Å². The summed E-state index contributed by atoms with van der Waals surface area (Å²) < 4.78 is 47.6. The van der Waals surface area contributed by atoms with E-state index in [0.29, 0.717) is 0 Å². The van der Waals surface area contributed by atoms with E-state index in [1.807, 2.05) is 0 Å². The maximum Gasteiger partial charge on any atom is 0.425 e. The molecular formula is C7H5F4N. The van der Waals surface area contributed by atoms with E-state index in [1.165, 1.54) is 12.1 Å². The van der Waals surface area contributed by atoms with E-state index in [4.69, 9.17) is 0 Å². The lowest BCUT2D eigenvalue weighted by molar-refractivity contribution is -0.183. The van der Waals surface area contributed by atoms with Gasteiger partial charge in [-0.15, -0.1) is 0 Å². The summed E-state index contributed by atoms with van der Waals surface area (Å²) in [6.45, 7) is 0. The molecular weight excluding hydrogens is 174 g/mol. The van der Waals surface area contributed by atoms with Crippen molar-refractivity contribution in [2.75, 3.05) is 0 Å². The Morgan fingerprint density at radius 1 is 1.25 bits per heavy atom. The van der Waals surface area contributed by atoms with Crippen molar-refractivity contribution in [2.24, 2.45) is 0 Å². The molecule has 0 aliphatic carbocycles. The van der Waals surface area contributed by atoms with Crippen molar-refractivity contribution < 1.29 is 17.6 Å². The first-order valence-corrected chi connectivity index (χ1v) is 3.13. The summed E-state index contributed by atoms with van der Waals surface area (Å²) in [6, 6.07) is 3.73. The summed E-state index contributed by atoms with van der Waals surface area (Å²) in [5.41, 5.74) is -0.606. The molecule has 0 amide bonds. The predicted octanol–water partition coefficient (Wildman–Crippen LogP) is 2.65. The molecule has 1 unspecified atom stereocenters.